The lowest BCUT2D eigenvalue weighted by atomic mass is 10.0. The number of hydrogen-bond acceptors (Lipinski definition) is 3. The third-order valence-electron chi connectivity index (χ3n) is 2.81. The lowest BCUT2D eigenvalue weighted by Gasteiger charge is -2.08. The third kappa shape index (κ3) is 1.86. The second-order valence-electron chi connectivity index (χ2n) is 4.05. The number of ether oxygens (including phenoxy) is 1. The number of aliphatic hydroxyl groups is 1. The summed E-state index contributed by atoms with van der Waals surface area (Å²) >= 11 is 0. The van der Waals surface area contributed by atoms with Crippen LogP contribution < -0.4 is 4.74 Å². The van der Waals surface area contributed by atoms with Crippen LogP contribution in [0.4, 0.5) is 0 Å². The molecule has 1 N–H and O–H groups in total. The molecule has 0 spiro atoms. The minimum Gasteiger partial charge on any atom is -0.485 e. The molecular weight excluding hydrogens is 204 g/mol. The molecule has 1 heterocycles. The zero-order chi connectivity index (χ0) is 11.7. The fraction of sp³-hybridized carbons (Fsp3) is 0.308. The summed E-state index contributed by atoms with van der Waals surface area (Å²) in [5, 5.41) is 9.46. The maximum Gasteiger partial charge on any atom is 0.149 e. The highest BCUT2D eigenvalue weighted by Gasteiger charge is 2.25. The average Bonchev–Trinajstić information content (AvgIpc) is 2.70. The van der Waals surface area contributed by atoms with Crippen LogP contribution in [0.3, 0.4) is 0 Å². The van der Waals surface area contributed by atoms with Gasteiger partial charge in [0.1, 0.15) is 18.1 Å². The molecule has 0 fully saturated rings. The molecule has 1 aromatic rings. The van der Waals surface area contributed by atoms with Gasteiger partial charge in [-0.05, 0) is 30.2 Å². The van der Waals surface area contributed by atoms with E-state index in [0.29, 0.717) is 12.0 Å². The molecule has 1 aromatic carbocycles. The van der Waals surface area contributed by atoms with Gasteiger partial charge in [0, 0.05) is 12.0 Å². The molecule has 3 heteroatoms. The van der Waals surface area contributed by atoms with Gasteiger partial charge in [-0.25, -0.2) is 0 Å². The van der Waals surface area contributed by atoms with Gasteiger partial charge in [0.05, 0.1) is 6.10 Å². The summed E-state index contributed by atoms with van der Waals surface area (Å²) < 4.78 is 5.58. The number of benzene rings is 1. The van der Waals surface area contributed by atoms with Gasteiger partial charge < -0.3 is 9.84 Å². The number of aldehydes is 1. The summed E-state index contributed by atoms with van der Waals surface area (Å²) in [6, 6.07) is 5.57. The second-order valence-corrected chi connectivity index (χ2v) is 4.05. The monoisotopic (exact) mass is 218 g/mol. The largest absolute Gasteiger partial charge is 0.485 e. The van der Waals surface area contributed by atoms with E-state index in [1.807, 2.05) is 18.2 Å². The Hall–Kier alpha value is -1.61. The van der Waals surface area contributed by atoms with Crippen molar-refractivity contribution in [2.45, 2.75) is 25.6 Å². The van der Waals surface area contributed by atoms with Crippen LogP contribution >= 0.6 is 0 Å². The molecule has 2 atom stereocenters. The Morgan fingerprint density at radius 3 is 3.06 bits per heavy atom. The molecule has 0 radical (unpaired) electrons. The lowest BCUT2D eigenvalue weighted by molar-refractivity contribution is -0.105. The van der Waals surface area contributed by atoms with E-state index in [0.717, 1.165) is 23.2 Å². The molecule has 2 rings (SSSR count). The lowest BCUT2D eigenvalue weighted by Crippen LogP contribution is -2.16. The van der Waals surface area contributed by atoms with E-state index in [1.54, 1.807) is 6.92 Å². The Balaban J connectivity index is 2.24. The standard InChI is InChI=1S/C13H14O3/c1-8(7-14)13-6-11-5-10(9(2)15)3-4-12(11)16-13/h3-5,7,9,13,15H,1,6H2,2H3. The van der Waals surface area contributed by atoms with Crippen LogP contribution in [0.15, 0.2) is 30.4 Å². The average molecular weight is 218 g/mol. The van der Waals surface area contributed by atoms with Crippen molar-refractivity contribution in [2.75, 3.05) is 0 Å². The summed E-state index contributed by atoms with van der Waals surface area (Å²) in [7, 11) is 0. The first-order valence-electron chi connectivity index (χ1n) is 5.23. The fourth-order valence-corrected chi connectivity index (χ4v) is 1.81. The Labute approximate surface area is 94.4 Å². The highest BCUT2D eigenvalue weighted by molar-refractivity contribution is 5.74. The van der Waals surface area contributed by atoms with Crippen LogP contribution in [0.5, 0.6) is 5.75 Å². The zero-order valence-corrected chi connectivity index (χ0v) is 9.14. The Morgan fingerprint density at radius 1 is 1.69 bits per heavy atom. The molecule has 1 aliphatic heterocycles. The number of hydrogen-bond donors (Lipinski definition) is 1. The topological polar surface area (TPSA) is 46.5 Å². The molecule has 0 bridgehead atoms. The van der Waals surface area contributed by atoms with Gasteiger partial charge in [0.15, 0.2) is 0 Å². The first kappa shape index (κ1) is 10.9. The maximum atomic E-state index is 10.6. The Kier molecular flexibility index (Phi) is 2.79. The quantitative estimate of drug-likeness (QED) is 0.621. The van der Waals surface area contributed by atoms with Crippen molar-refractivity contribution < 1.29 is 14.6 Å². The first-order valence-corrected chi connectivity index (χ1v) is 5.23. The predicted octanol–water partition coefficient (Wildman–Crippen LogP) is 1.80. The SMILES string of the molecule is C=C(C=O)C1Cc2cc(C(C)O)ccc2O1. The van der Waals surface area contributed by atoms with E-state index in [-0.39, 0.29) is 6.10 Å². The van der Waals surface area contributed by atoms with Crippen molar-refractivity contribution >= 4 is 6.29 Å². The summed E-state index contributed by atoms with van der Waals surface area (Å²) in [5.74, 6) is 0.775. The molecule has 0 saturated heterocycles. The number of fused-ring (bicyclic) bond motifs is 1. The molecule has 0 aliphatic carbocycles. The fourth-order valence-electron chi connectivity index (χ4n) is 1.81. The molecule has 0 saturated carbocycles. The molecule has 84 valence electrons. The van der Waals surface area contributed by atoms with E-state index in [1.165, 1.54) is 0 Å². The van der Waals surface area contributed by atoms with Gasteiger partial charge >= 0.3 is 0 Å². The Morgan fingerprint density at radius 2 is 2.44 bits per heavy atom. The van der Waals surface area contributed by atoms with Crippen molar-refractivity contribution in [3.8, 4) is 5.75 Å². The Bertz CT molecular complexity index is 435. The van der Waals surface area contributed by atoms with E-state index in [4.69, 9.17) is 4.74 Å². The van der Waals surface area contributed by atoms with E-state index < -0.39 is 6.10 Å². The van der Waals surface area contributed by atoms with Gasteiger partial charge in [0.25, 0.3) is 0 Å². The molecule has 3 nitrogen and oxygen atoms in total. The first-order chi connectivity index (χ1) is 7.61. The van der Waals surface area contributed by atoms with Crippen molar-refractivity contribution in [2.24, 2.45) is 0 Å². The smallest absolute Gasteiger partial charge is 0.149 e. The van der Waals surface area contributed by atoms with E-state index in [9.17, 15) is 9.90 Å². The summed E-state index contributed by atoms with van der Waals surface area (Å²) in [6.07, 6.45) is 0.634. The van der Waals surface area contributed by atoms with Crippen molar-refractivity contribution in [3.05, 3.63) is 41.5 Å². The molecule has 0 amide bonds. The van der Waals surface area contributed by atoms with Crippen molar-refractivity contribution in [1.82, 2.24) is 0 Å². The second kappa shape index (κ2) is 4.10. The minimum absolute atomic E-state index is 0.253. The number of rotatable bonds is 3. The van der Waals surface area contributed by atoms with Crippen molar-refractivity contribution in [1.29, 1.82) is 0 Å². The zero-order valence-electron chi connectivity index (χ0n) is 9.14. The number of carbonyl (C=O) groups is 1. The number of aliphatic hydroxyl groups excluding tert-OH is 1. The van der Waals surface area contributed by atoms with Crippen LogP contribution in [0, 0.1) is 0 Å². The highest BCUT2D eigenvalue weighted by atomic mass is 16.5. The normalized spacial score (nSPS) is 19.8. The van der Waals surface area contributed by atoms with Crippen LogP contribution in [-0.2, 0) is 11.2 Å². The van der Waals surface area contributed by atoms with Crippen LogP contribution in [0.2, 0.25) is 0 Å². The van der Waals surface area contributed by atoms with Gasteiger partial charge in [-0.15, -0.1) is 0 Å². The molecule has 2 unspecified atom stereocenters. The maximum absolute atomic E-state index is 10.6. The molecule has 16 heavy (non-hydrogen) atoms. The summed E-state index contributed by atoms with van der Waals surface area (Å²) in [6.45, 7) is 5.37. The molecule has 0 aromatic heterocycles. The minimum atomic E-state index is -0.487. The molecule has 1 aliphatic rings. The van der Waals surface area contributed by atoms with Crippen molar-refractivity contribution in [3.63, 3.8) is 0 Å². The van der Waals surface area contributed by atoms with Crippen LogP contribution in [-0.4, -0.2) is 17.5 Å². The summed E-state index contributed by atoms with van der Waals surface area (Å²) in [5.41, 5.74) is 2.33. The molecular formula is C13H14O3. The predicted molar refractivity (Wildman–Crippen MR) is 60.4 cm³/mol. The van der Waals surface area contributed by atoms with Crippen LogP contribution in [0.25, 0.3) is 0 Å². The van der Waals surface area contributed by atoms with Gasteiger partial charge in [-0.1, -0.05) is 12.6 Å². The van der Waals surface area contributed by atoms with E-state index in [2.05, 4.69) is 6.58 Å². The number of carbonyl (C=O) groups excluding carboxylic acids is 1. The summed E-state index contributed by atoms with van der Waals surface area (Å²) in [4.78, 5) is 10.6. The van der Waals surface area contributed by atoms with Crippen LogP contribution in [0.1, 0.15) is 24.2 Å². The van der Waals surface area contributed by atoms with E-state index >= 15 is 0 Å². The van der Waals surface area contributed by atoms with Gasteiger partial charge in [-0.3, -0.25) is 4.79 Å². The highest BCUT2D eigenvalue weighted by Crippen LogP contribution is 2.32. The van der Waals surface area contributed by atoms with Gasteiger partial charge in [0.2, 0.25) is 0 Å². The third-order valence-corrected chi connectivity index (χ3v) is 2.81. The van der Waals surface area contributed by atoms with Gasteiger partial charge in [-0.2, -0.15) is 0 Å².